The highest BCUT2D eigenvalue weighted by atomic mass is 16.6. The van der Waals surface area contributed by atoms with Crippen LogP contribution in [0.5, 0.6) is 0 Å². The Morgan fingerprint density at radius 1 is 1.38 bits per heavy atom. The Hall–Kier alpha value is -1.15. The number of hydrogen-bond acceptors (Lipinski definition) is 2. The van der Waals surface area contributed by atoms with E-state index >= 15 is 0 Å². The van der Waals surface area contributed by atoms with Gasteiger partial charge in [0.1, 0.15) is 0 Å². The van der Waals surface area contributed by atoms with Gasteiger partial charge < -0.3 is 4.74 Å². The lowest BCUT2D eigenvalue weighted by Crippen LogP contribution is -2.22. The number of benzene rings is 1. The molecule has 0 aromatic heterocycles. The number of Topliss-reactive ketones (excluding diaryl/α,β-unsaturated/α-hetero) is 1. The van der Waals surface area contributed by atoms with Crippen molar-refractivity contribution in [1.29, 1.82) is 0 Å². The molecule has 68 valence electrons. The molecule has 0 unspecified atom stereocenters. The van der Waals surface area contributed by atoms with Gasteiger partial charge in [-0.25, -0.2) is 0 Å². The number of ether oxygens (including phenoxy) is 1. The van der Waals surface area contributed by atoms with E-state index in [1.54, 1.807) is 0 Å². The van der Waals surface area contributed by atoms with Crippen LogP contribution in [0.3, 0.4) is 0 Å². The third-order valence-electron chi connectivity index (χ3n) is 2.63. The van der Waals surface area contributed by atoms with Gasteiger partial charge in [-0.15, -0.1) is 0 Å². The molecule has 13 heavy (non-hydrogen) atoms. The molecule has 0 spiro atoms. The van der Waals surface area contributed by atoms with E-state index in [9.17, 15) is 4.79 Å². The van der Waals surface area contributed by atoms with Crippen LogP contribution in [0.15, 0.2) is 30.3 Å². The maximum atomic E-state index is 11.8. The molecule has 0 N–H and O–H groups in total. The molecule has 1 fully saturated rings. The van der Waals surface area contributed by atoms with E-state index in [0.717, 1.165) is 5.56 Å². The minimum atomic E-state index is -0.568. The summed E-state index contributed by atoms with van der Waals surface area (Å²) in [5.41, 5.74) is 0.163. The summed E-state index contributed by atoms with van der Waals surface area (Å²) in [5.74, 6) is 0.0839. The number of carbonyl (C=O) groups excluding carboxylic acids is 1. The van der Waals surface area contributed by atoms with Crippen molar-refractivity contribution in [1.82, 2.24) is 0 Å². The summed E-state index contributed by atoms with van der Waals surface area (Å²) in [6.45, 7) is 3.76. The summed E-state index contributed by atoms with van der Waals surface area (Å²) in [7, 11) is 0. The molecule has 2 nitrogen and oxygen atoms in total. The number of epoxide rings is 1. The van der Waals surface area contributed by atoms with Crippen LogP contribution in [0.2, 0.25) is 0 Å². The first kappa shape index (κ1) is 8.45. The van der Waals surface area contributed by atoms with Crippen molar-refractivity contribution in [2.24, 2.45) is 0 Å². The zero-order valence-corrected chi connectivity index (χ0v) is 7.78. The molecule has 2 heteroatoms. The average Bonchev–Trinajstić information content (AvgIpc) is 2.76. The van der Waals surface area contributed by atoms with Crippen LogP contribution in [-0.4, -0.2) is 17.5 Å². The van der Waals surface area contributed by atoms with Gasteiger partial charge in [-0.1, -0.05) is 30.3 Å². The average molecular weight is 176 g/mol. The first-order valence-electron chi connectivity index (χ1n) is 4.42. The number of carbonyl (C=O) groups is 1. The van der Waals surface area contributed by atoms with E-state index in [-0.39, 0.29) is 11.9 Å². The van der Waals surface area contributed by atoms with E-state index in [2.05, 4.69) is 0 Å². The van der Waals surface area contributed by atoms with Gasteiger partial charge in [0, 0.05) is 5.56 Å². The maximum Gasteiger partial charge on any atom is 0.197 e. The maximum absolute atomic E-state index is 11.8. The van der Waals surface area contributed by atoms with Crippen LogP contribution < -0.4 is 0 Å². The Morgan fingerprint density at radius 3 is 2.38 bits per heavy atom. The first-order valence-corrected chi connectivity index (χ1v) is 4.42. The molecule has 1 aliphatic rings. The van der Waals surface area contributed by atoms with Crippen LogP contribution >= 0.6 is 0 Å². The van der Waals surface area contributed by atoms with E-state index in [4.69, 9.17) is 4.74 Å². The van der Waals surface area contributed by atoms with Crippen molar-refractivity contribution >= 4 is 5.78 Å². The monoisotopic (exact) mass is 176 g/mol. The molecule has 0 radical (unpaired) electrons. The van der Waals surface area contributed by atoms with E-state index < -0.39 is 5.60 Å². The zero-order valence-electron chi connectivity index (χ0n) is 7.78. The highest BCUT2D eigenvalue weighted by molar-refractivity contribution is 6.04. The van der Waals surface area contributed by atoms with Gasteiger partial charge >= 0.3 is 0 Å². The van der Waals surface area contributed by atoms with Gasteiger partial charge in [-0.05, 0) is 13.8 Å². The highest BCUT2D eigenvalue weighted by Gasteiger charge is 2.55. The quantitative estimate of drug-likeness (QED) is 0.510. The predicted octanol–water partition coefficient (Wildman–Crippen LogP) is 2.05. The molecular weight excluding hydrogens is 164 g/mol. The van der Waals surface area contributed by atoms with Crippen molar-refractivity contribution in [2.45, 2.75) is 25.6 Å². The highest BCUT2D eigenvalue weighted by Crippen LogP contribution is 2.38. The second-order valence-corrected chi connectivity index (χ2v) is 3.56. The summed E-state index contributed by atoms with van der Waals surface area (Å²) in [4.78, 5) is 11.8. The Morgan fingerprint density at radius 2 is 1.92 bits per heavy atom. The summed E-state index contributed by atoms with van der Waals surface area (Å²) in [6.07, 6.45) is 0.0557. The molecule has 1 aliphatic heterocycles. The minimum absolute atomic E-state index is 0.0557. The van der Waals surface area contributed by atoms with Gasteiger partial charge in [0.15, 0.2) is 11.4 Å². The van der Waals surface area contributed by atoms with Crippen LogP contribution in [-0.2, 0) is 4.74 Å². The smallest absolute Gasteiger partial charge is 0.197 e. The molecule has 1 saturated heterocycles. The molecule has 1 aromatic rings. The normalized spacial score (nSPS) is 31.4. The summed E-state index contributed by atoms with van der Waals surface area (Å²) < 4.78 is 5.27. The molecule has 1 aromatic carbocycles. The lowest BCUT2D eigenvalue weighted by Gasteiger charge is -2.03. The first-order chi connectivity index (χ1) is 6.14. The second-order valence-electron chi connectivity index (χ2n) is 3.56. The predicted molar refractivity (Wildman–Crippen MR) is 49.7 cm³/mol. The molecular formula is C11H12O2. The zero-order chi connectivity index (χ0) is 9.47. The molecule has 0 bridgehead atoms. The van der Waals surface area contributed by atoms with Crippen LogP contribution in [0.25, 0.3) is 0 Å². The number of rotatable bonds is 2. The standard InChI is InChI=1S/C11H12O2/c1-8-11(2,13-8)10(12)9-6-4-3-5-7-9/h3-8H,1-2H3/t8-,11-/m0/s1. The summed E-state index contributed by atoms with van der Waals surface area (Å²) >= 11 is 0. The Balaban J connectivity index is 2.25. The summed E-state index contributed by atoms with van der Waals surface area (Å²) in [6, 6.07) is 9.27. The number of hydrogen-bond donors (Lipinski definition) is 0. The largest absolute Gasteiger partial charge is 0.358 e. The molecule has 2 rings (SSSR count). The van der Waals surface area contributed by atoms with E-state index in [1.807, 2.05) is 44.2 Å². The number of ketones is 1. The van der Waals surface area contributed by atoms with E-state index in [1.165, 1.54) is 0 Å². The van der Waals surface area contributed by atoms with Crippen LogP contribution in [0, 0.1) is 0 Å². The Labute approximate surface area is 77.5 Å². The fraction of sp³-hybridized carbons (Fsp3) is 0.364. The van der Waals surface area contributed by atoms with Gasteiger partial charge in [-0.2, -0.15) is 0 Å². The molecule has 0 amide bonds. The second kappa shape index (κ2) is 2.67. The molecule has 0 saturated carbocycles. The molecule has 0 aliphatic carbocycles. The lowest BCUT2D eigenvalue weighted by atomic mass is 9.97. The minimum Gasteiger partial charge on any atom is -0.358 e. The lowest BCUT2D eigenvalue weighted by molar-refractivity contribution is 0.0888. The topological polar surface area (TPSA) is 29.6 Å². The third-order valence-corrected chi connectivity index (χ3v) is 2.63. The van der Waals surface area contributed by atoms with Gasteiger partial charge in [0.05, 0.1) is 6.10 Å². The third kappa shape index (κ3) is 1.27. The van der Waals surface area contributed by atoms with Gasteiger partial charge in [0.25, 0.3) is 0 Å². The SMILES string of the molecule is C[C@@H]1O[C@]1(C)C(=O)c1ccccc1. The van der Waals surface area contributed by atoms with Gasteiger partial charge in [-0.3, -0.25) is 4.79 Å². The van der Waals surface area contributed by atoms with Crippen LogP contribution in [0.1, 0.15) is 24.2 Å². The van der Waals surface area contributed by atoms with Crippen molar-refractivity contribution < 1.29 is 9.53 Å². The fourth-order valence-electron chi connectivity index (χ4n) is 1.45. The molecule has 1 heterocycles. The van der Waals surface area contributed by atoms with Crippen molar-refractivity contribution in [3.63, 3.8) is 0 Å². The fourth-order valence-corrected chi connectivity index (χ4v) is 1.45. The van der Waals surface area contributed by atoms with Crippen molar-refractivity contribution in [2.75, 3.05) is 0 Å². The Kier molecular flexibility index (Phi) is 1.74. The Bertz CT molecular complexity index is 331. The van der Waals surface area contributed by atoms with E-state index in [0.29, 0.717) is 0 Å². The van der Waals surface area contributed by atoms with Crippen molar-refractivity contribution in [3.8, 4) is 0 Å². The van der Waals surface area contributed by atoms with Gasteiger partial charge in [0.2, 0.25) is 0 Å². The molecule has 2 atom stereocenters. The summed E-state index contributed by atoms with van der Waals surface area (Å²) in [5, 5.41) is 0. The van der Waals surface area contributed by atoms with Crippen molar-refractivity contribution in [3.05, 3.63) is 35.9 Å². The van der Waals surface area contributed by atoms with Crippen LogP contribution in [0.4, 0.5) is 0 Å².